The van der Waals surface area contributed by atoms with Crippen molar-refractivity contribution in [2.45, 2.75) is 19.4 Å². The van der Waals surface area contributed by atoms with E-state index in [0.29, 0.717) is 29.8 Å². The second kappa shape index (κ2) is 6.39. The molecule has 0 bridgehead atoms. The van der Waals surface area contributed by atoms with Gasteiger partial charge in [0.25, 0.3) is 5.91 Å². The summed E-state index contributed by atoms with van der Waals surface area (Å²) in [6.07, 6.45) is 0.943. The smallest absolute Gasteiger partial charge is 0.274 e. The Bertz CT molecular complexity index is 497. The number of anilines is 1. The van der Waals surface area contributed by atoms with Crippen LogP contribution in [0, 0.1) is 5.92 Å². The lowest BCUT2D eigenvalue weighted by molar-refractivity contribution is -0.00176. The standard InChI is InChI=1S/C13H19ClN4O2/c1-8-5-6-18(7-10(8)20-2)13(19)12-9(14)3-4-11(16-12)17-15/h3-4,8,10H,5-7,15H2,1-2H3,(H,16,17). The van der Waals surface area contributed by atoms with Gasteiger partial charge in [0.2, 0.25) is 0 Å². The number of hydrazine groups is 1. The number of aromatic nitrogens is 1. The fourth-order valence-corrected chi connectivity index (χ4v) is 2.53. The number of carbonyl (C=O) groups excluding carboxylic acids is 1. The third kappa shape index (κ3) is 3.03. The molecular formula is C13H19ClN4O2. The van der Waals surface area contributed by atoms with Crippen LogP contribution in [-0.2, 0) is 4.74 Å². The number of rotatable bonds is 3. The highest BCUT2D eigenvalue weighted by Gasteiger charge is 2.30. The number of pyridine rings is 1. The molecule has 1 aromatic rings. The van der Waals surface area contributed by atoms with E-state index in [4.69, 9.17) is 22.2 Å². The molecule has 0 radical (unpaired) electrons. The van der Waals surface area contributed by atoms with Crippen LogP contribution in [0.25, 0.3) is 0 Å². The van der Waals surface area contributed by atoms with Crippen molar-refractivity contribution in [3.63, 3.8) is 0 Å². The maximum Gasteiger partial charge on any atom is 0.274 e. The lowest BCUT2D eigenvalue weighted by atomic mass is 9.95. The third-order valence-electron chi connectivity index (χ3n) is 3.68. The molecule has 1 fully saturated rings. The minimum atomic E-state index is -0.193. The van der Waals surface area contributed by atoms with Gasteiger partial charge in [-0.2, -0.15) is 0 Å². The number of likely N-dealkylation sites (tertiary alicyclic amines) is 1. The Morgan fingerprint density at radius 3 is 3.00 bits per heavy atom. The fourth-order valence-electron chi connectivity index (χ4n) is 2.35. The second-order valence-electron chi connectivity index (χ2n) is 4.96. The monoisotopic (exact) mass is 298 g/mol. The van der Waals surface area contributed by atoms with E-state index in [2.05, 4.69) is 17.3 Å². The molecule has 2 heterocycles. The molecule has 2 atom stereocenters. The van der Waals surface area contributed by atoms with Crippen molar-refractivity contribution in [2.75, 3.05) is 25.6 Å². The first kappa shape index (κ1) is 15.0. The van der Waals surface area contributed by atoms with Gasteiger partial charge in [-0.1, -0.05) is 18.5 Å². The first-order valence-corrected chi connectivity index (χ1v) is 6.89. The molecule has 3 N–H and O–H groups in total. The molecular weight excluding hydrogens is 280 g/mol. The van der Waals surface area contributed by atoms with E-state index in [1.54, 1.807) is 24.1 Å². The molecule has 0 spiro atoms. The van der Waals surface area contributed by atoms with Crippen molar-refractivity contribution in [3.05, 3.63) is 22.8 Å². The van der Waals surface area contributed by atoms with Crippen LogP contribution in [0.4, 0.5) is 5.82 Å². The Hall–Kier alpha value is -1.37. The summed E-state index contributed by atoms with van der Waals surface area (Å²) in [6, 6.07) is 3.23. The first-order valence-electron chi connectivity index (χ1n) is 6.52. The average Bonchev–Trinajstić information content (AvgIpc) is 2.47. The van der Waals surface area contributed by atoms with Crippen LogP contribution in [0.15, 0.2) is 12.1 Å². The summed E-state index contributed by atoms with van der Waals surface area (Å²) in [5, 5.41) is 0.321. The summed E-state index contributed by atoms with van der Waals surface area (Å²) in [7, 11) is 1.67. The van der Waals surface area contributed by atoms with Gasteiger partial charge in [-0.3, -0.25) is 4.79 Å². The summed E-state index contributed by atoms with van der Waals surface area (Å²) in [5.74, 6) is 5.96. The van der Waals surface area contributed by atoms with Gasteiger partial charge in [0.15, 0.2) is 0 Å². The van der Waals surface area contributed by atoms with Crippen molar-refractivity contribution in [3.8, 4) is 0 Å². The fraction of sp³-hybridized carbons (Fsp3) is 0.538. The van der Waals surface area contributed by atoms with E-state index in [1.165, 1.54) is 0 Å². The minimum Gasteiger partial charge on any atom is -0.379 e. The Balaban J connectivity index is 2.19. The van der Waals surface area contributed by atoms with E-state index in [1.807, 2.05) is 0 Å². The Morgan fingerprint density at radius 2 is 2.35 bits per heavy atom. The molecule has 6 nitrogen and oxygen atoms in total. The molecule has 7 heteroatoms. The Morgan fingerprint density at radius 1 is 1.60 bits per heavy atom. The van der Waals surface area contributed by atoms with Crippen LogP contribution >= 0.6 is 11.6 Å². The van der Waals surface area contributed by atoms with Gasteiger partial charge in [0, 0.05) is 20.2 Å². The normalized spacial score (nSPS) is 22.7. The number of nitrogens with zero attached hydrogens (tertiary/aromatic N) is 2. The van der Waals surface area contributed by atoms with Crippen molar-refractivity contribution >= 4 is 23.3 Å². The molecule has 1 aliphatic heterocycles. The molecule has 1 aromatic heterocycles. The molecule has 0 aromatic carbocycles. The Kier molecular flexibility index (Phi) is 4.80. The Labute approximate surface area is 123 Å². The zero-order chi connectivity index (χ0) is 14.7. The number of piperidine rings is 1. The molecule has 2 rings (SSSR count). The zero-order valence-corrected chi connectivity index (χ0v) is 12.4. The molecule has 0 saturated carbocycles. The third-order valence-corrected chi connectivity index (χ3v) is 3.98. The van der Waals surface area contributed by atoms with Crippen LogP contribution in [0.1, 0.15) is 23.8 Å². The number of ether oxygens (including phenoxy) is 1. The van der Waals surface area contributed by atoms with Gasteiger partial charge in [0.1, 0.15) is 11.5 Å². The molecule has 1 aliphatic rings. The number of carbonyl (C=O) groups is 1. The second-order valence-corrected chi connectivity index (χ2v) is 5.37. The summed E-state index contributed by atoms with van der Waals surface area (Å²) >= 11 is 6.06. The van der Waals surface area contributed by atoms with Gasteiger partial charge in [-0.15, -0.1) is 0 Å². The van der Waals surface area contributed by atoms with Gasteiger partial charge >= 0.3 is 0 Å². The highest BCUT2D eigenvalue weighted by molar-refractivity contribution is 6.33. The van der Waals surface area contributed by atoms with Gasteiger partial charge in [-0.25, -0.2) is 10.8 Å². The van der Waals surface area contributed by atoms with E-state index in [-0.39, 0.29) is 17.7 Å². The van der Waals surface area contributed by atoms with Crippen LogP contribution < -0.4 is 11.3 Å². The van der Waals surface area contributed by atoms with Crippen molar-refractivity contribution in [2.24, 2.45) is 11.8 Å². The summed E-state index contributed by atoms with van der Waals surface area (Å²) in [6.45, 7) is 3.35. The number of methoxy groups -OCH3 is 1. The molecule has 1 saturated heterocycles. The molecule has 0 aliphatic carbocycles. The molecule has 20 heavy (non-hydrogen) atoms. The summed E-state index contributed by atoms with van der Waals surface area (Å²) < 4.78 is 5.42. The lowest BCUT2D eigenvalue weighted by Crippen LogP contribution is -2.46. The largest absolute Gasteiger partial charge is 0.379 e. The average molecular weight is 299 g/mol. The highest BCUT2D eigenvalue weighted by atomic mass is 35.5. The zero-order valence-electron chi connectivity index (χ0n) is 11.6. The highest BCUT2D eigenvalue weighted by Crippen LogP contribution is 2.23. The SMILES string of the molecule is COC1CN(C(=O)c2nc(NN)ccc2Cl)CCC1C. The number of halogens is 1. The van der Waals surface area contributed by atoms with E-state index < -0.39 is 0 Å². The lowest BCUT2D eigenvalue weighted by Gasteiger charge is -2.36. The number of amides is 1. The van der Waals surface area contributed by atoms with Crippen LogP contribution in [0.2, 0.25) is 5.02 Å². The predicted molar refractivity (Wildman–Crippen MR) is 77.5 cm³/mol. The molecule has 2 unspecified atom stereocenters. The van der Waals surface area contributed by atoms with Crippen molar-refractivity contribution in [1.29, 1.82) is 0 Å². The topological polar surface area (TPSA) is 80.5 Å². The maximum absolute atomic E-state index is 12.5. The first-order chi connectivity index (χ1) is 9.56. The van der Waals surface area contributed by atoms with Crippen LogP contribution in [-0.4, -0.2) is 42.1 Å². The summed E-state index contributed by atoms with van der Waals surface area (Å²) in [5.41, 5.74) is 2.63. The number of nitrogens with one attached hydrogen (secondary N) is 1. The van der Waals surface area contributed by atoms with Gasteiger partial charge in [0.05, 0.1) is 11.1 Å². The van der Waals surface area contributed by atoms with Crippen LogP contribution in [0.5, 0.6) is 0 Å². The van der Waals surface area contributed by atoms with E-state index in [0.717, 1.165) is 6.42 Å². The maximum atomic E-state index is 12.5. The quantitative estimate of drug-likeness (QED) is 0.653. The molecule has 1 amide bonds. The van der Waals surface area contributed by atoms with Gasteiger partial charge in [-0.05, 0) is 24.5 Å². The van der Waals surface area contributed by atoms with Gasteiger partial charge < -0.3 is 15.1 Å². The van der Waals surface area contributed by atoms with Crippen molar-refractivity contribution < 1.29 is 9.53 Å². The number of hydrogen-bond acceptors (Lipinski definition) is 5. The predicted octanol–water partition coefficient (Wildman–Crippen LogP) is 1.52. The number of nitrogens with two attached hydrogens (primary N) is 1. The number of hydrogen-bond donors (Lipinski definition) is 2. The number of nitrogen functional groups attached to an aromatic ring is 1. The van der Waals surface area contributed by atoms with E-state index in [9.17, 15) is 4.79 Å². The summed E-state index contributed by atoms with van der Waals surface area (Å²) in [4.78, 5) is 18.4. The van der Waals surface area contributed by atoms with Crippen molar-refractivity contribution in [1.82, 2.24) is 9.88 Å². The van der Waals surface area contributed by atoms with Crippen LogP contribution in [0.3, 0.4) is 0 Å². The molecule has 110 valence electrons. The van der Waals surface area contributed by atoms with E-state index >= 15 is 0 Å². The minimum absolute atomic E-state index is 0.0438.